The molecular weight excluding hydrogens is 498 g/mol. The molecule has 0 aliphatic carbocycles. The predicted molar refractivity (Wildman–Crippen MR) is 148 cm³/mol. The summed E-state index contributed by atoms with van der Waals surface area (Å²) >= 11 is 0. The predicted octanol–water partition coefficient (Wildman–Crippen LogP) is 5.65. The zero-order chi connectivity index (χ0) is 27.8. The highest BCUT2D eigenvalue weighted by atomic mass is 16.5. The van der Waals surface area contributed by atoms with Gasteiger partial charge in [-0.05, 0) is 67.6 Å². The zero-order valence-corrected chi connectivity index (χ0v) is 23.1. The molecule has 2 aromatic rings. The first-order valence-electron chi connectivity index (χ1n) is 13.9. The summed E-state index contributed by atoms with van der Waals surface area (Å²) in [5, 5.41) is 11.4. The highest BCUT2D eigenvalue weighted by molar-refractivity contribution is 6.46. The number of nitrogens with zero attached hydrogens (tertiary/aromatic N) is 1. The number of benzene rings is 2. The fourth-order valence-corrected chi connectivity index (χ4v) is 5.01. The summed E-state index contributed by atoms with van der Waals surface area (Å²) in [7, 11) is 1.56. The Morgan fingerprint density at radius 1 is 1.00 bits per heavy atom. The molecule has 210 valence electrons. The Labute approximate surface area is 230 Å². The van der Waals surface area contributed by atoms with Gasteiger partial charge in [-0.2, -0.15) is 0 Å². The summed E-state index contributed by atoms with van der Waals surface area (Å²) in [6.45, 7) is 6.20. The van der Waals surface area contributed by atoms with Gasteiger partial charge in [0.15, 0.2) is 11.5 Å². The first-order valence-corrected chi connectivity index (χ1v) is 13.9. The van der Waals surface area contributed by atoms with Gasteiger partial charge in [0.05, 0.1) is 38.0 Å². The molecule has 8 heteroatoms. The Balaban J connectivity index is 1.72. The lowest BCUT2D eigenvalue weighted by Crippen LogP contribution is -2.36. The number of Topliss-reactive ketones (excluding diaryl/α,β-unsaturated/α-hetero) is 1. The van der Waals surface area contributed by atoms with Crippen LogP contribution in [0.2, 0.25) is 0 Å². The molecule has 1 N–H and O–H groups in total. The summed E-state index contributed by atoms with van der Waals surface area (Å²) in [6, 6.07) is 11.5. The van der Waals surface area contributed by atoms with Crippen LogP contribution in [0.1, 0.15) is 69.5 Å². The molecule has 2 fully saturated rings. The Morgan fingerprint density at radius 2 is 1.79 bits per heavy atom. The highest BCUT2D eigenvalue weighted by Crippen LogP contribution is 2.42. The van der Waals surface area contributed by atoms with Crippen molar-refractivity contribution in [2.45, 2.75) is 64.5 Å². The van der Waals surface area contributed by atoms with Gasteiger partial charge in [-0.1, -0.05) is 32.8 Å². The van der Waals surface area contributed by atoms with Crippen molar-refractivity contribution in [1.82, 2.24) is 4.90 Å². The quantitative estimate of drug-likeness (QED) is 0.153. The van der Waals surface area contributed by atoms with Gasteiger partial charge >= 0.3 is 0 Å². The Morgan fingerprint density at radius 3 is 2.46 bits per heavy atom. The van der Waals surface area contributed by atoms with Crippen LogP contribution in [0.4, 0.5) is 0 Å². The van der Waals surface area contributed by atoms with Crippen LogP contribution in [0.3, 0.4) is 0 Å². The van der Waals surface area contributed by atoms with E-state index in [0.29, 0.717) is 48.2 Å². The van der Waals surface area contributed by atoms with E-state index >= 15 is 0 Å². The lowest BCUT2D eigenvalue weighted by Gasteiger charge is -2.28. The van der Waals surface area contributed by atoms with E-state index in [2.05, 4.69) is 6.92 Å². The normalized spacial score (nSPS) is 20.4. The van der Waals surface area contributed by atoms with E-state index in [-0.39, 0.29) is 24.0 Å². The molecule has 2 aliphatic rings. The molecule has 0 radical (unpaired) electrons. The minimum atomic E-state index is -0.798. The van der Waals surface area contributed by atoms with Crippen molar-refractivity contribution in [3.8, 4) is 17.2 Å². The number of amides is 1. The fourth-order valence-electron chi connectivity index (χ4n) is 5.01. The van der Waals surface area contributed by atoms with Crippen LogP contribution >= 0.6 is 0 Å². The molecule has 39 heavy (non-hydrogen) atoms. The lowest BCUT2D eigenvalue weighted by atomic mass is 9.94. The molecule has 0 aromatic heterocycles. The van der Waals surface area contributed by atoms with Crippen molar-refractivity contribution in [2.75, 3.05) is 33.5 Å². The SMILES string of the molecule is CCCCCOc1ccc([C@H]2C(=C(O)c3ccc(OCCC)cc3)C(=O)C(=O)N2C[C@@H]2CCCO2)cc1OC. The number of ether oxygens (including phenoxy) is 4. The number of carbonyl (C=O) groups is 2. The van der Waals surface area contributed by atoms with Crippen LogP contribution in [0.15, 0.2) is 48.0 Å². The number of unbranched alkanes of at least 4 members (excludes halogenated alkanes) is 2. The number of likely N-dealkylation sites (tertiary alicyclic amines) is 1. The molecule has 4 rings (SSSR count). The average Bonchev–Trinajstić information content (AvgIpc) is 3.56. The number of aliphatic hydroxyl groups is 1. The summed E-state index contributed by atoms with van der Waals surface area (Å²) < 4.78 is 23.0. The molecule has 8 nitrogen and oxygen atoms in total. The number of methoxy groups -OCH3 is 1. The monoisotopic (exact) mass is 537 g/mol. The maximum Gasteiger partial charge on any atom is 0.295 e. The minimum Gasteiger partial charge on any atom is -0.507 e. The van der Waals surface area contributed by atoms with Crippen molar-refractivity contribution in [3.63, 3.8) is 0 Å². The van der Waals surface area contributed by atoms with Crippen molar-refractivity contribution in [3.05, 3.63) is 59.2 Å². The number of hydrogen-bond donors (Lipinski definition) is 1. The summed E-state index contributed by atoms with van der Waals surface area (Å²) in [4.78, 5) is 28.2. The minimum absolute atomic E-state index is 0.0406. The van der Waals surface area contributed by atoms with Gasteiger partial charge in [-0.15, -0.1) is 0 Å². The molecule has 0 saturated carbocycles. The highest BCUT2D eigenvalue weighted by Gasteiger charge is 2.47. The van der Waals surface area contributed by atoms with Crippen molar-refractivity contribution in [1.29, 1.82) is 0 Å². The van der Waals surface area contributed by atoms with Crippen molar-refractivity contribution >= 4 is 17.4 Å². The van der Waals surface area contributed by atoms with Gasteiger partial charge in [0.25, 0.3) is 11.7 Å². The second-order valence-corrected chi connectivity index (χ2v) is 9.93. The maximum atomic E-state index is 13.4. The molecule has 2 saturated heterocycles. The molecule has 0 bridgehead atoms. The first kappa shape index (κ1) is 28.5. The number of carbonyl (C=O) groups excluding carboxylic acids is 2. The van der Waals surface area contributed by atoms with Gasteiger partial charge in [0.1, 0.15) is 11.5 Å². The first-order chi connectivity index (χ1) is 19.0. The Kier molecular flexibility index (Phi) is 9.87. The molecule has 2 atom stereocenters. The van der Waals surface area contributed by atoms with E-state index < -0.39 is 17.7 Å². The topological polar surface area (TPSA) is 94.5 Å². The molecule has 2 heterocycles. The van der Waals surface area contributed by atoms with Crippen LogP contribution < -0.4 is 14.2 Å². The lowest BCUT2D eigenvalue weighted by molar-refractivity contribution is -0.140. The standard InChI is InChI=1S/C31H39NO7/c1-4-6-7-17-39-25-15-12-22(19-26(25)36-3)28-27(29(33)21-10-13-23(14-11-21)37-16-5-2)30(34)31(35)32(28)20-24-9-8-18-38-24/h10-15,19,24,28,33H,4-9,16-18,20H2,1-3H3/t24-,28-/m0/s1. The average molecular weight is 538 g/mol. The molecule has 2 aromatic carbocycles. The summed E-state index contributed by atoms with van der Waals surface area (Å²) in [6.07, 6.45) is 5.53. The third-order valence-electron chi connectivity index (χ3n) is 7.07. The van der Waals surface area contributed by atoms with E-state index in [1.54, 1.807) is 43.5 Å². The van der Waals surface area contributed by atoms with Gasteiger partial charge in [-0.25, -0.2) is 0 Å². The van der Waals surface area contributed by atoms with E-state index in [9.17, 15) is 14.7 Å². The van der Waals surface area contributed by atoms with Crippen LogP contribution in [0.25, 0.3) is 5.76 Å². The second kappa shape index (κ2) is 13.5. The maximum absolute atomic E-state index is 13.4. The Bertz CT molecular complexity index is 1170. The molecule has 0 spiro atoms. The van der Waals surface area contributed by atoms with E-state index in [0.717, 1.165) is 38.5 Å². The van der Waals surface area contributed by atoms with E-state index in [1.165, 1.54) is 4.90 Å². The van der Waals surface area contributed by atoms with Crippen LogP contribution in [-0.2, 0) is 14.3 Å². The third-order valence-corrected chi connectivity index (χ3v) is 7.07. The van der Waals surface area contributed by atoms with E-state index in [1.807, 2.05) is 13.0 Å². The third kappa shape index (κ3) is 6.56. The van der Waals surface area contributed by atoms with Gasteiger partial charge in [0, 0.05) is 18.7 Å². The number of hydrogen-bond acceptors (Lipinski definition) is 7. The van der Waals surface area contributed by atoms with E-state index in [4.69, 9.17) is 18.9 Å². The van der Waals surface area contributed by atoms with Crippen molar-refractivity contribution < 1.29 is 33.6 Å². The largest absolute Gasteiger partial charge is 0.507 e. The van der Waals surface area contributed by atoms with Crippen LogP contribution in [0, 0.1) is 0 Å². The van der Waals surface area contributed by atoms with Crippen LogP contribution in [-0.4, -0.2) is 61.3 Å². The van der Waals surface area contributed by atoms with Gasteiger partial charge < -0.3 is 29.0 Å². The van der Waals surface area contributed by atoms with Gasteiger partial charge in [-0.3, -0.25) is 9.59 Å². The van der Waals surface area contributed by atoms with Crippen LogP contribution in [0.5, 0.6) is 17.2 Å². The van der Waals surface area contributed by atoms with Crippen molar-refractivity contribution in [2.24, 2.45) is 0 Å². The smallest absolute Gasteiger partial charge is 0.295 e. The number of ketones is 1. The van der Waals surface area contributed by atoms with Gasteiger partial charge in [0.2, 0.25) is 0 Å². The number of rotatable bonds is 13. The Hall–Kier alpha value is -3.52. The molecule has 0 unspecified atom stereocenters. The fraction of sp³-hybridized carbons (Fsp3) is 0.484. The second-order valence-electron chi connectivity index (χ2n) is 9.93. The molecule has 1 amide bonds. The number of aliphatic hydroxyl groups excluding tert-OH is 1. The molecular formula is C31H39NO7. The zero-order valence-electron chi connectivity index (χ0n) is 23.1. The summed E-state index contributed by atoms with van der Waals surface area (Å²) in [5.74, 6) is 0.164. The summed E-state index contributed by atoms with van der Waals surface area (Å²) in [5.41, 5.74) is 1.12. The molecule has 2 aliphatic heterocycles.